The molecule has 3 aromatic rings. The van der Waals surface area contributed by atoms with Gasteiger partial charge in [-0.25, -0.2) is 0 Å². The molecule has 0 aliphatic rings. The predicted molar refractivity (Wildman–Crippen MR) is 119 cm³/mol. The van der Waals surface area contributed by atoms with E-state index < -0.39 is 0 Å². The zero-order valence-electron chi connectivity index (χ0n) is 17.1. The maximum atomic E-state index is 6.14. The number of aryl methyl sites for hydroxylation is 2. The van der Waals surface area contributed by atoms with Gasteiger partial charge in [0.2, 0.25) is 8.67 Å². The summed E-state index contributed by atoms with van der Waals surface area (Å²) in [6.07, 6.45) is 10.8. The van der Waals surface area contributed by atoms with Gasteiger partial charge >= 0.3 is 0 Å². The molecule has 0 spiro atoms. The highest BCUT2D eigenvalue weighted by Gasteiger charge is 2.16. The third-order valence-electron chi connectivity index (χ3n) is 5.43. The van der Waals surface area contributed by atoms with E-state index in [1.54, 1.807) is 5.56 Å². The van der Waals surface area contributed by atoms with Crippen molar-refractivity contribution in [2.75, 3.05) is 0 Å². The highest BCUT2D eigenvalue weighted by atomic mass is 31.1. The zero-order valence-corrected chi connectivity index (χ0v) is 18.1. The number of rotatable bonds is 9. The molecule has 0 aliphatic heterocycles. The summed E-state index contributed by atoms with van der Waals surface area (Å²) in [6, 6.07) is 10.7. The van der Waals surface area contributed by atoms with Gasteiger partial charge in [-0.3, -0.25) is 0 Å². The first-order valence-electron chi connectivity index (χ1n) is 10.7. The molecular formula is C24H33O2P. The Balaban J connectivity index is 2.35. The molecule has 0 amide bonds. The molecule has 1 heterocycles. The second-order valence-electron chi connectivity index (χ2n) is 7.46. The Hall–Kier alpha value is -1.66. The van der Waals surface area contributed by atoms with Crippen LogP contribution in [0.1, 0.15) is 76.0 Å². The van der Waals surface area contributed by atoms with Gasteiger partial charge in [-0.2, -0.15) is 0 Å². The zero-order chi connectivity index (χ0) is 19.1. The quantitative estimate of drug-likeness (QED) is 0.370. The van der Waals surface area contributed by atoms with E-state index in [4.69, 9.17) is 8.39 Å². The van der Waals surface area contributed by atoms with Crippen LogP contribution in [0.3, 0.4) is 0 Å². The number of unbranched alkanes of at least 4 members (excludes halogenated alkanes) is 3. The van der Waals surface area contributed by atoms with Crippen molar-refractivity contribution in [2.45, 2.75) is 78.6 Å². The van der Waals surface area contributed by atoms with Crippen molar-refractivity contribution in [2.24, 2.45) is 0 Å². The first-order chi connectivity index (χ1) is 13.3. The lowest BCUT2D eigenvalue weighted by Gasteiger charge is -2.17. The number of hydrogen-bond acceptors (Lipinski definition) is 2. The Bertz CT molecular complexity index is 911. The van der Waals surface area contributed by atoms with Gasteiger partial charge in [0.15, 0.2) is 0 Å². The molecule has 0 fully saturated rings. The van der Waals surface area contributed by atoms with E-state index in [1.807, 2.05) is 6.07 Å². The van der Waals surface area contributed by atoms with E-state index >= 15 is 0 Å². The Morgan fingerprint density at radius 1 is 0.741 bits per heavy atom. The van der Waals surface area contributed by atoms with E-state index in [0.29, 0.717) is 0 Å². The smallest absolute Gasteiger partial charge is 0.201 e. The summed E-state index contributed by atoms with van der Waals surface area (Å²) in [4.78, 5) is 0. The minimum absolute atomic E-state index is 0.0239. The largest absolute Gasteiger partial charge is 0.421 e. The molecule has 27 heavy (non-hydrogen) atoms. The van der Waals surface area contributed by atoms with Crippen molar-refractivity contribution in [3.63, 3.8) is 0 Å². The van der Waals surface area contributed by atoms with Gasteiger partial charge in [0, 0.05) is 10.8 Å². The van der Waals surface area contributed by atoms with Gasteiger partial charge in [-0.1, -0.05) is 58.2 Å². The molecule has 0 saturated heterocycles. The molecule has 0 aliphatic carbocycles. The lowest BCUT2D eigenvalue weighted by atomic mass is 9.87. The second-order valence-corrected chi connectivity index (χ2v) is 8.04. The van der Waals surface area contributed by atoms with Crippen LogP contribution in [0.15, 0.2) is 38.7 Å². The lowest BCUT2D eigenvalue weighted by molar-refractivity contribution is 0.661. The van der Waals surface area contributed by atoms with Crippen molar-refractivity contribution in [3.8, 4) is 0 Å². The normalized spacial score (nSPS) is 11.7. The van der Waals surface area contributed by atoms with Gasteiger partial charge in [-0.15, -0.1) is 0 Å². The molecular weight excluding hydrogens is 351 g/mol. The van der Waals surface area contributed by atoms with Crippen molar-refractivity contribution in [1.82, 2.24) is 0 Å². The molecule has 0 radical (unpaired) electrons. The highest BCUT2D eigenvalue weighted by Crippen LogP contribution is 2.35. The molecule has 2 aromatic carbocycles. The van der Waals surface area contributed by atoms with Gasteiger partial charge in [0.25, 0.3) is 0 Å². The van der Waals surface area contributed by atoms with E-state index in [1.165, 1.54) is 66.8 Å². The standard InChI is InChI=1S/C24H33O2P/c1-4-7-12-18-17-23-24(20(14-9-6-3)19(18)13-8-5-2)21-15-10-11-16-22(21)25-27-26-23/h10-11,15-17,27H,4-9,12-14H2,1-3H3. The molecule has 3 heteroatoms. The summed E-state index contributed by atoms with van der Waals surface area (Å²) >= 11 is 0. The average Bonchev–Trinajstić information content (AvgIpc) is 2.88. The summed E-state index contributed by atoms with van der Waals surface area (Å²) in [5.74, 6) is 0. The van der Waals surface area contributed by atoms with E-state index in [2.05, 4.69) is 45.0 Å². The fraction of sp³-hybridized carbons (Fsp3) is 0.500. The summed E-state index contributed by atoms with van der Waals surface area (Å²) in [5, 5.41) is 2.48. The van der Waals surface area contributed by atoms with Crippen molar-refractivity contribution in [1.29, 1.82) is 0 Å². The van der Waals surface area contributed by atoms with Crippen LogP contribution in [0.2, 0.25) is 0 Å². The maximum absolute atomic E-state index is 6.14. The van der Waals surface area contributed by atoms with E-state index in [9.17, 15) is 0 Å². The fourth-order valence-electron chi connectivity index (χ4n) is 3.94. The predicted octanol–water partition coefficient (Wildman–Crippen LogP) is 8.36. The molecule has 0 saturated carbocycles. The fourth-order valence-corrected chi connectivity index (χ4v) is 4.50. The minimum Gasteiger partial charge on any atom is -0.421 e. The van der Waals surface area contributed by atoms with Crippen molar-refractivity contribution in [3.05, 3.63) is 47.0 Å². The molecule has 0 N–H and O–H groups in total. The summed E-state index contributed by atoms with van der Waals surface area (Å²) < 4.78 is 12.1. The molecule has 1 atom stereocenters. The van der Waals surface area contributed by atoms with Crippen LogP contribution in [0.25, 0.3) is 21.9 Å². The van der Waals surface area contributed by atoms with Crippen LogP contribution in [0.5, 0.6) is 0 Å². The number of hydrogen-bond donors (Lipinski definition) is 0. The maximum Gasteiger partial charge on any atom is 0.201 e. The van der Waals surface area contributed by atoms with Crippen LogP contribution < -0.4 is 0 Å². The van der Waals surface area contributed by atoms with Crippen LogP contribution >= 0.6 is 8.67 Å². The van der Waals surface area contributed by atoms with Crippen LogP contribution in [-0.4, -0.2) is 0 Å². The summed E-state index contributed by atoms with van der Waals surface area (Å²) in [6.45, 7) is 6.84. The molecule has 0 bridgehead atoms. The first-order valence-corrected chi connectivity index (χ1v) is 11.5. The van der Waals surface area contributed by atoms with Crippen LogP contribution in [0.4, 0.5) is 0 Å². The molecule has 3 rings (SSSR count). The van der Waals surface area contributed by atoms with E-state index in [0.717, 1.165) is 24.0 Å². The summed E-state index contributed by atoms with van der Waals surface area (Å²) in [7, 11) is 0.0239. The van der Waals surface area contributed by atoms with Gasteiger partial charge in [-0.05, 0) is 67.3 Å². The van der Waals surface area contributed by atoms with Crippen LogP contribution in [0, 0.1) is 0 Å². The Labute approximate surface area is 164 Å². The Kier molecular flexibility index (Phi) is 7.47. The average molecular weight is 385 g/mol. The SMILES string of the molecule is CCCCc1cc2o[pH]oc3ccccc3c2c(CCCC)c1CCCC. The summed E-state index contributed by atoms with van der Waals surface area (Å²) in [5.41, 5.74) is 6.57. The van der Waals surface area contributed by atoms with Crippen LogP contribution in [-0.2, 0) is 19.3 Å². The number of benzene rings is 2. The molecule has 1 aromatic heterocycles. The Morgan fingerprint density at radius 3 is 2.11 bits per heavy atom. The number of para-hydroxylation sites is 1. The van der Waals surface area contributed by atoms with Crippen molar-refractivity contribution < 1.29 is 8.39 Å². The third-order valence-corrected chi connectivity index (χ3v) is 6.03. The molecule has 2 nitrogen and oxygen atoms in total. The van der Waals surface area contributed by atoms with Gasteiger partial charge in [0.1, 0.15) is 11.2 Å². The van der Waals surface area contributed by atoms with E-state index in [-0.39, 0.29) is 8.67 Å². The molecule has 146 valence electrons. The first kappa shape index (κ1) is 20.1. The highest BCUT2D eigenvalue weighted by molar-refractivity contribution is 7.15. The van der Waals surface area contributed by atoms with Crippen molar-refractivity contribution >= 4 is 30.6 Å². The second kappa shape index (κ2) is 10.0. The monoisotopic (exact) mass is 384 g/mol. The number of fused-ring (bicyclic) bond motifs is 3. The molecule has 1 unspecified atom stereocenters. The van der Waals surface area contributed by atoms with Gasteiger partial charge < -0.3 is 8.39 Å². The third kappa shape index (κ3) is 4.61. The minimum atomic E-state index is 0.0239. The topological polar surface area (TPSA) is 26.3 Å². The lowest BCUT2D eigenvalue weighted by Crippen LogP contribution is -2.03. The van der Waals surface area contributed by atoms with Gasteiger partial charge in [0.05, 0.1) is 0 Å². The Morgan fingerprint density at radius 2 is 1.37 bits per heavy atom.